The van der Waals surface area contributed by atoms with Crippen LogP contribution in [0.3, 0.4) is 0 Å². The minimum Gasteiger partial charge on any atom is -0.351 e. The largest absolute Gasteiger partial charge is 0.351 e. The van der Waals surface area contributed by atoms with Gasteiger partial charge in [0.05, 0.1) is 19.3 Å². The predicted octanol–water partition coefficient (Wildman–Crippen LogP) is 0.516. The first-order valence-electron chi connectivity index (χ1n) is 6.57. The van der Waals surface area contributed by atoms with Crippen LogP contribution >= 0.6 is 0 Å². The minimum atomic E-state index is -0.367. The van der Waals surface area contributed by atoms with E-state index < -0.39 is 0 Å². The van der Waals surface area contributed by atoms with Crippen molar-refractivity contribution < 1.29 is 14.3 Å². The van der Waals surface area contributed by atoms with Crippen molar-refractivity contribution in [3.05, 3.63) is 12.7 Å². The average Bonchev–Trinajstić information content (AvgIpc) is 2.84. The Bertz CT molecular complexity index is 303. The number of piperidine rings is 1. The molecular formula is C13H22N2O3. The third-order valence-electron chi connectivity index (χ3n) is 3.72. The smallest absolute Gasteiger partial charge is 0.237 e. The predicted molar refractivity (Wildman–Crippen MR) is 68.1 cm³/mol. The molecule has 2 aliphatic heterocycles. The Labute approximate surface area is 108 Å². The van der Waals surface area contributed by atoms with E-state index in [4.69, 9.17) is 9.47 Å². The molecule has 5 heteroatoms. The van der Waals surface area contributed by atoms with E-state index in [1.807, 2.05) is 6.92 Å². The van der Waals surface area contributed by atoms with Crippen molar-refractivity contribution in [3.8, 4) is 0 Å². The second-order valence-corrected chi connectivity index (χ2v) is 4.85. The van der Waals surface area contributed by atoms with E-state index in [9.17, 15) is 4.79 Å². The van der Waals surface area contributed by atoms with Crippen molar-refractivity contribution in [1.82, 2.24) is 10.2 Å². The minimum absolute atomic E-state index is 0.0547. The molecule has 102 valence electrons. The number of amides is 1. The molecule has 2 saturated heterocycles. The van der Waals surface area contributed by atoms with E-state index >= 15 is 0 Å². The summed E-state index contributed by atoms with van der Waals surface area (Å²) in [6, 6.07) is -0.108. The summed E-state index contributed by atoms with van der Waals surface area (Å²) >= 11 is 0. The van der Waals surface area contributed by atoms with Gasteiger partial charge in [-0.15, -0.1) is 6.58 Å². The Morgan fingerprint density at radius 2 is 2.06 bits per heavy atom. The summed E-state index contributed by atoms with van der Waals surface area (Å²) < 4.78 is 11.3. The highest BCUT2D eigenvalue weighted by Gasteiger charge is 2.41. The Hall–Kier alpha value is -0.910. The Kier molecular flexibility index (Phi) is 4.37. The monoisotopic (exact) mass is 254 g/mol. The first-order valence-corrected chi connectivity index (χ1v) is 6.57. The van der Waals surface area contributed by atoms with Gasteiger partial charge in [-0.1, -0.05) is 6.08 Å². The molecule has 0 unspecified atom stereocenters. The van der Waals surface area contributed by atoms with Gasteiger partial charge in [0.2, 0.25) is 5.91 Å². The molecule has 1 spiro atoms. The highest BCUT2D eigenvalue weighted by Crippen LogP contribution is 2.31. The fourth-order valence-electron chi connectivity index (χ4n) is 2.52. The number of nitrogens with zero attached hydrogens (tertiary/aromatic N) is 1. The van der Waals surface area contributed by atoms with Crippen molar-refractivity contribution in [2.45, 2.75) is 31.6 Å². The summed E-state index contributed by atoms with van der Waals surface area (Å²) in [4.78, 5) is 14.0. The lowest BCUT2D eigenvalue weighted by Crippen LogP contribution is -2.52. The van der Waals surface area contributed by atoms with Crippen LogP contribution in [0, 0.1) is 0 Å². The van der Waals surface area contributed by atoms with Gasteiger partial charge in [0.15, 0.2) is 5.79 Å². The summed E-state index contributed by atoms with van der Waals surface area (Å²) in [5.41, 5.74) is 0. The third kappa shape index (κ3) is 2.91. The van der Waals surface area contributed by atoms with Crippen LogP contribution in [0.4, 0.5) is 0 Å². The number of nitrogens with one attached hydrogen (secondary N) is 1. The molecule has 0 aliphatic carbocycles. The van der Waals surface area contributed by atoms with Crippen LogP contribution in [0.1, 0.15) is 19.8 Å². The van der Waals surface area contributed by atoms with Gasteiger partial charge in [0, 0.05) is 32.5 Å². The quantitative estimate of drug-likeness (QED) is 0.743. The van der Waals surface area contributed by atoms with E-state index in [-0.39, 0.29) is 17.7 Å². The molecule has 0 radical (unpaired) electrons. The zero-order valence-corrected chi connectivity index (χ0v) is 11.0. The molecule has 2 aliphatic rings. The van der Waals surface area contributed by atoms with Crippen LogP contribution in [-0.2, 0) is 14.3 Å². The van der Waals surface area contributed by atoms with Gasteiger partial charge >= 0.3 is 0 Å². The second kappa shape index (κ2) is 5.82. The van der Waals surface area contributed by atoms with Gasteiger partial charge in [0.25, 0.3) is 0 Å². The Morgan fingerprint density at radius 3 is 2.61 bits per heavy atom. The highest BCUT2D eigenvalue weighted by molar-refractivity contribution is 5.81. The molecule has 1 amide bonds. The first-order chi connectivity index (χ1) is 8.67. The van der Waals surface area contributed by atoms with E-state index in [1.54, 1.807) is 6.08 Å². The van der Waals surface area contributed by atoms with Crippen molar-refractivity contribution in [2.24, 2.45) is 0 Å². The molecule has 2 rings (SSSR count). The lowest BCUT2D eigenvalue weighted by molar-refractivity contribution is -0.188. The topological polar surface area (TPSA) is 50.8 Å². The highest BCUT2D eigenvalue weighted by atomic mass is 16.7. The van der Waals surface area contributed by atoms with Crippen LogP contribution in [0.25, 0.3) is 0 Å². The molecular weight excluding hydrogens is 232 g/mol. The van der Waals surface area contributed by atoms with Crippen LogP contribution in [0.15, 0.2) is 12.7 Å². The van der Waals surface area contributed by atoms with Gasteiger partial charge in [-0.2, -0.15) is 0 Å². The zero-order chi connectivity index (χ0) is 13.0. The van der Waals surface area contributed by atoms with Crippen LogP contribution in [0.5, 0.6) is 0 Å². The number of hydrogen-bond acceptors (Lipinski definition) is 4. The van der Waals surface area contributed by atoms with Crippen LogP contribution in [-0.4, -0.2) is 55.5 Å². The third-order valence-corrected chi connectivity index (χ3v) is 3.72. The van der Waals surface area contributed by atoms with Gasteiger partial charge < -0.3 is 14.8 Å². The molecule has 0 aromatic rings. The Balaban J connectivity index is 1.81. The SMILES string of the molecule is C=CCNC(=O)[C@@H](C)N1CCC2(CC1)OCCO2. The van der Waals surface area contributed by atoms with E-state index in [0.29, 0.717) is 19.8 Å². The number of ether oxygens (including phenoxy) is 2. The maximum atomic E-state index is 11.9. The summed E-state index contributed by atoms with van der Waals surface area (Å²) in [6.45, 7) is 9.10. The lowest BCUT2D eigenvalue weighted by Gasteiger charge is -2.39. The van der Waals surface area contributed by atoms with Crippen LogP contribution in [0.2, 0.25) is 0 Å². The molecule has 0 bridgehead atoms. The molecule has 2 heterocycles. The standard InChI is InChI=1S/C13H22N2O3/c1-3-6-14-12(16)11(2)15-7-4-13(5-8-15)17-9-10-18-13/h3,11H,1,4-10H2,2H3,(H,14,16)/t11-/m1/s1. The Morgan fingerprint density at radius 1 is 1.44 bits per heavy atom. The normalized spacial score (nSPS) is 24.9. The van der Waals surface area contributed by atoms with Gasteiger partial charge in [-0.25, -0.2) is 0 Å². The van der Waals surface area contributed by atoms with Crippen molar-refractivity contribution in [3.63, 3.8) is 0 Å². The number of carbonyl (C=O) groups is 1. The maximum Gasteiger partial charge on any atom is 0.237 e. The van der Waals surface area contributed by atoms with Crippen LogP contribution < -0.4 is 5.32 Å². The number of hydrogen-bond donors (Lipinski definition) is 1. The summed E-state index contributed by atoms with van der Waals surface area (Å²) in [5, 5.41) is 2.83. The van der Waals surface area contributed by atoms with Gasteiger partial charge in [-0.3, -0.25) is 9.69 Å². The van der Waals surface area contributed by atoms with Crippen molar-refractivity contribution in [2.75, 3.05) is 32.8 Å². The van der Waals surface area contributed by atoms with E-state index in [2.05, 4.69) is 16.8 Å². The van der Waals surface area contributed by atoms with Crippen molar-refractivity contribution in [1.29, 1.82) is 0 Å². The second-order valence-electron chi connectivity index (χ2n) is 4.85. The molecule has 5 nitrogen and oxygen atoms in total. The average molecular weight is 254 g/mol. The molecule has 1 atom stereocenters. The molecule has 1 N–H and O–H groups in total. The number of carbonyl (C=O) groups excluding carboxylic acids is 1. The molecule has 0 saturated carbocycles. The first kappa shape index (κ1) is 13.5. The lowest BCUT2D eigenvalue weighted by atomic mass is 10.0. The van der Waals surface area contributed by atoms with Gasteiger partial charge in [0.1, 0.15) is 0 Å². The number of rotatable bonds is 4. The summed E-state index contributed by atoms with van der Waals surface area (Å²) in [5.74, 6) is -0.313. The molecule has 2 fully saturated rings. The summed E-state index contributed by atoms with van der Waals surface area (Å²) in [7, 11) is 0. The molecule has 0 aromatic carbocycles. The van der Waals surface area contributed by atoms with Gasteiger partial charge in [-0.05, 0) is 6.92 Å². The fourth-order valence-corrected chi connectivity index (χ4v) is 2.52. The van der Waals surface area contributed by atoms with E-state index in [0.717, 1.165) is 25.9 Å². The number of likely N-dealkylation sites (tertiary alicyclic amines) is 1. The summed E-state index contributed by atoms with van der Waals surface area (Å²) in [6.07, 6.45) is 3.37. The molecule has 18 heavy (non-hydrogen) atoms. The fraction of sp³-hybridized carbons (Fsp3) is 0.769. The maximum absolute atomic E-state index is 11.9. The molecule has 0 aromatic heterocycles. The zero-order valence-electron chi connectivity index (χ0n) is 11.0. The van der Waals surface area contributed by atoms with Crippen molar-refractivity contribution >= 4 is 5.91 Å². The van der Waals surface area contributed by atoms with E-state index in [1.165, 1.54) is 0 Å².